The van der Waals surface area contributed by atoms with Crippen molar-refractivity contribution in [2.45, 2.75) is 128 Å². The largest absolute Gasteiger partial charge is 0.172 e. The van der Waals surface area contributed by atoms with Crippen molar-refractivity contribution in [1.82, 2.24) is 0 Å². The first-order valence-electron chi connectivity index (χ1n) is 11.1. The van der Waals surface area contributed by atoms with Gasteiger partial charge in [-0.3, -0.25) is 0 Å². The highest BCUT2D eigenvalue weighted by molar-refractivity contribution is 6.67. The minimum atomic E-state index is 0.927. The summed E-state index contributed by atoms with van der Waals surface area (Å²) in [5.74, 6) is 4.73. The summed E-state index contributed by atoms with van der Waals surface area (Å²) in [7, 11) is 0. The van der Waals surface area contributed by atoms with E-state index in [9.17, 15) is 0 Å². The van der Waals surface area contributed by atoms with Crippen molar-refractivity contribution in [3.05, 3.63) is 12.1 Å². The van der Waals surface area contributed by atoms with E-state index in [1.807, 2.05) is 0 Å². The van der Waals surface area contributed by atoms with E-state index in [4.69, 9.17) is 0 Å². The molecule has 0 N–H and O–H groups in total. The third kappa shape index (κ3) is 7.48. The van der Waals surface area contributed by atoms with Crippen molar-refractivity contribution in [1.29, 1.82) is 0 Å². The van der Waals surface area contributed by atoms with Gasteiger partial charge in [0, 0.05) is 0 Å². The molecule has 2 saturated carbocycles. The summed E-state index contributed by atoms with van der Waals surface area (Å²) in [5.41, 5.74) is 0. The van der Waals surface area contributed by atoms with Crippen LogP contribution in [0.25, 0.3) is 0 Å². The zero-order valence-electron chi connectivity index (χ0n) is 15.9. The van der Waals surface area contributed by atoms with Crippen molar-refractivity contribution >= 4 is 6.71 Å². The van der Waals surface area contributed by atoms with Crippen LogP contribution in [0, 0.1) is 0 Å². The third-order valence-corrected chi connectivity index (χ3v) is 6.47. The Bertz CT molecular complexity index is 279. The molecular weight excluding hydrogens is 275 g/mol. The first-order valence-corrected chi connectivity index (χ1v) is 11.1. The fourth-order valence-electron chi connectivity index (χ4n) is 5.03. The van der Waals surface area contributed by atoms with Gasteiger partial charge >= 0.3 is 0 Å². The highest BCUT2D eigenvalue weighted by Crippen LogP contribution is 2.41. The minimum Gasteiger partial charge on any atom is -0.118 e. The standard InChI is InChI=1S/C22H41B/c1-2-3-4-5-6-7-8-15-20-23(21-16-11-9-12-17-21)22-18-13-10-14-19-22/h15,20-22H,2-14,16-19H2,1H3/b20-15+. The molecule has 2 rings (SSSR count). The molecule has 0 unspecified atom stereocenters. The first-order chi connectivity index (χ1) is 11.4. The lowest BCUT2D eigenvalue weighted by molar-refractivity contribution is 0.464. The molecule has 2 fully saturated rings. The monoisotopic (exact) mass is 316 g/mol. The molecule has 2 aliphatic rings. The number of hydrogen-bond donors (Lipinski definition) is 0. The summed E-state index contributed by atoms with van der Waals surface area (Å²) in [6.45, 7) is 3.23. The topological polar surface area (TPSA) is 0 Å². The highest BCUT2D eigenvalue weighted by Gasteiger charge is 2.32. The Morgan fingerprint density at radius 3 is 1.78 bits per heavy atom. The number of unbranched alkanes of at least 4 members (excludes halogenated alkanes) is 6. The Morgan fingerprint density at radius 2 is 1.22 bits per heavy atom. The van der Waals surface area contributed by atoms with Gasteiger partial charge < -0.3 is 0 Å². The lowest BCUT2D eigenvalue weighted by atomic mass is 9.30. The Hall–Kier alpha value is -0.195. The molecule has 132 valence electrons. The maximum absolute atomic E-state index is 2.69. The van der Waals surface area contributed by atoms with Crippen LogP contribution in [-0.4, -0.2) is 6.71 Å². The van der Waals surface area contributed by atoms with Crippen LogP contribution in [-0.2, 0) is 0 Å². The van der Waals surface area contributed by atoms with Crippen LogP contribution >= 0.6 is 0 Å². The quantitative estimate of drug-likeness (QED) is 0.283. The van der Waals surface area contributed by atoms with Crippen LogP contribution in [0.1, 0.15) is 116 Å². The number of rotatable bonds is 10. The molecule has 0 aromatic carbocycles. The van der Waals surface area contributed by atoms with Crippen LogP contribution in [0.4, 0.5) is 0 Å². The Balaban J connectivity index is 1.73. The molecule has 0 saturated heterocycles. The lowest BCUT2D eigenvalue weighted by Crippen LogP contribution is -2.28. The summed E-state index contributed by atoms with van der Waals surface area (Å²) in [5, 5.41) is 0. The van der Waals surface area contributed by atoms with Crippen LogP contribution < -0.4 is 0 Å². The van der Waals surface area contributed by atoms with Crippen LogP contribution in [0.2, 0.25) is 11.6 Å². The summed E-state index contributed by atoms with van der Waals surface area (Å²) in [6.07, 6.45) is 27.5. The van der Waals surface area contributed by atoms with Gasteiger partial charge in [-0.25, -0.2) is 0 Å². The van der Waals surface area contributed by atoms with E-state index < -0.39 is 0 Å². The highest BCUT2D eigenvalue weighted by atomic mass is 14.2. The Kier molecular flexibility index (Phi) is 10.2. The predicted molar refractivity (Wildman–Crippen MR) is 107 cm³/mol. The van der Waals surface area contributed by atoms with Gasteiger partial charge in [0.05, 0.1) is 0 Å². The Morgan fingerprint density at radius 1 is 0.696 bits per heavy atom. The average molecular weight is 316 g/mol. The summed E-state index contributed by atoms with van der Waals surface area (Å²) in [6, 6.07) is 0. The van der Waals surface area contributed by atoms with Gasteiger partial charge in [-0.15, -0.1) is 5.98 Å². The second-order valence-electron chi connectivity index (χ2n) is 8.36. The van der Waals surface area contributed by atoms with Crippen LogP contribution in [0.15, 0.2) is 12.1 Å². The molecule has 0 amide bonds. The molecule has 0 aromatic rings. The summed E-state index contributed by atoms with van der Waals surface area (Å²) >= 11 is 0. The molecule has 23 heavy (non-hydrogen) atoms. The summed E-state index contributed by atoms with van der Waals surface area (Å²) < 4.78 is 0. The molecular formula is C22H41B. The molecule has 0 aromatic heterocycles. The molecule has 0 nitrogen and oxygen atoms in total. The maximum atomic E-state index is 2.69. The van der Waals surface area contributed by atoms with E-state index >= 15 is 0 Å². The second kappa shape index (κ2) is 12.2. The minimum absolute atomic E-state index is 0.927. The van der Waals surface area contributed by atoms with E-state index in [1.165, 1.54) is 109 Å². The molecule has 0 radical (unpaired) electrons. The molecule has 0 bridgehead atoms. The van der Waals surface area contributed by atoms with Gasteiger partial charge in [0.2, 0.25) is 0 Å². The number of allylic oxidation sites excluding steroid dienone is 1. The van der Waals surface area contributed by atoms with Gasteiger partial charge in [-0.05, 0) is 12.8 Å². The van der Waals surface area contributed by atoms with E-state index in [0.29, 0.717) is 0 Å². The van der Waals surface area contributed by atoms with Gasteiger partial charge in [0.15, 0.2) is 6.71 Å². The van der Waals surface area contributed by atoms with Gasteiger partial charge in [-0.1, -0.05) is 121 Å². The predicted octanol–water partition coefficient (Wildman–Crippen LogP) is 8.00. The van der Waals surface area contributed by atoms with E-state index in [2.05, 4.69) is 19.0 Å². The van der Waals surface area contributed by atoms with Crippen molar-refractivity contribution in [2.75, 3.05) is 0 Å². The molecule has 0 atom stereocenters. The van der Waals surface area contributed by atoms with Crippen molar-refractivity contribution < 1.29 is 0 Å². The van der Waals surface area contributed by atoms with E-state index in [0.717, 1.165) is 18.3 Å². The SMILES string of the molecule is CCCCCCCC/C=C/B(C1CCCCC1)C1CCCCC1. The normalized spacial score (nSPS) is 21.1. The fraction of sp³-hybridized carbons (Fsp3) is 0.909. The van der Waals surface area contributed by atoms with Gasteiger partial charge in [0.1, 0.15) is 0 Å². The lowest BCUT2D eigenvalue weighted by Gasteiger charge is -2.34. The average Bonchev–Trinajstić information content (AvgIpc) is 2.62. The Labute approximate surface area is 147 Å². The van der Waals surface area contributed by atoms with Crippen molar-refractivity contribution in [2.24, 2.45) is 0 Å². The second-order valence-corrected chi connectivity index (χ2v) is 8.36. The van der Waals surface area contributed by atoms with Crippen LogP contribution in [0.3, 0.4) is 0 Å². The molecule has 1 heteroatoms. The molecule has 0 spiro atoms. The fourth-order valence-corrected chi connectivity index (χ4v) is 5.03. The van der Waals surface area contributed by atoms with Gasteiger partial charge in [0.25, 0.3) is 0 Å². The molecule has 2 aliphatic carbocycles. The maximum Gasteiger partial charge on any atom is 0.172 e. The van der Waals surface area contributed by atoms with Crippen molar-refractivity contribution in [3.63, 3.8) is 0 Å². The smallest absolute Gasteiger partial charge is 0.118 e. The van der Waals surface area contributed by atoms with E-state index in [1.54, 1.807) is 0 Å². The first kappa shape index (κ1) is 19.1. The van der Waals surface area contributed by atoms with Crippen LogP contribution in [0.5, 0.6) is 0 Å². The molecule has 0 heterocycles. The van der Waals surface area contributed by atoms with Crippen molar-refractivity contribution in [3.8, 4) is 0 Å². The molecule has 0 aliphatic heterocycles. The van der Waals surface area contributed by atoms with E-state index in [-0.39, 0.29) is 0 Å². The number of hydrogen-bond acceptors (Lipinski definition) is 0. The zero-order valence-corrected chi connectivity index (χ0v) is 15.9. The van der Waals surface area contributed by atoms with Gasteiger partial charge in [-0.2, -0.15) is 0 Å². The summed E-state index contributed by atoms with van der Waals surface area (Å²) in [4.78, 5) is 0. The zero-order chi connectivity index (χ0) is 16.2. The third-order valence-electron chi connectivity index (χ3n) is 6.47.